The number of hydrogen-bond donors (Lipinski definition) is 0. The second-order valence-corrected chi connectivity index (χ2v) is 7.43. The molecule has 0 spiro atoms. The minimum absolute atomic E-state index is 0.275. The van der Waals surface area contributed by atoms with Crippen LogP contribution < -0.4 is 14.4 Å². The predicted molar refractivity (Wildman–Crippen MR) is 117 cm³/mol. The molecule has 0 unspecified atom stereocenters. The van der Waals surface area contributed by atoms with Crippen LogP contribution in [0.1, 0.15) is 17.5 Å². The lowest BCUT2D eigenvalue weighted by Crippen LogP contribution is -2.36. The topological polar surface area (TPSA) is 68.3 Å². The van der Waals surface area contributed by atoms with E-state index in [1.165, 1.54) is 10.5 Å². The van der Waals surface area contributed by atoms with Gasteiger partial charge >= 0.3 is 0 Å². The summed E-state index contributed by atoms with van der Waals surface area (Å²) < 4.78 is 15.9. The number of carbonyl (C=O) groups is 2. The number of ether oxygens (including phenoxy) is 3. The molecule has 2 aromatic rings. The highest BCUT2D eigenvalue weighted by Crippen LogP contribution is 2.40. The Morgan fingerprint density at radius 3 is 2.45 bits per heavy atom. The van der Waals surface area contributed by atoms with Crippen molar-refractivity contribution in [1.82, 2.24) is 4.90 Å². The molecule has 162 valence electrons. The fraction of sp³-hybridized carbons (Fsp3) is 0.333. The largest absolute Gasteiger partial charge is 0.493 e. The van der Waals surface area contributed by atoms with Crippen molar-refractivity contribution in [3.63, 3.8) is 0 Å². The Morgan fingerprint density at radius 1 is 0.935 bits per heavy atom. The Hall–Kier alpha value is -3.32. The standard InChI is InChI=1S/C24H26N2O5/c1-29-14-6-12-26-23(27)21(17-9-10-19(30-2)20(15-17)31-3)22(24(26)28)25-13-11-16-7-4-5-8-18(16)25/h4-5,7-10,15H,6,11-14H2,1-3H3. The average Bonchev–Trinajstić information content (AvgIpc) is 3.32. The van der Waals surface area contributed by atoms with E-state index >= 15 is 0 Å². The van der Waals surface area contributed by atoms with Crippen LogP contribution in [0.5, 0.6) is 11.5 Å². The van der Waals surface area contributed by atoms with Gasteiger partial charge in [-0.15, -0.1) is 0 Å². The molecule has 0 saturated carbocycles. The van der Waals surface area contributed by atoms with Crippen LogP contribution in [0.3, 0.4) is 0 Å². The summed E-state index contributed by atoms with van der Waals surface area (Å²) in [5, 5.41) is 0. The molecule has 4 rings (SSSR count). The molecule has 0 saturated heterocycles. The van der Waals surface area contributed by atoms with Gasteiger partial charge in [-0.2, -0.15) is 0 Å². The zero-order valence-electron chi connectivity index (χ0n) is 18.0. The number of hydrogen-bond acceptors (Lipinski definition) is 6. The molecular formula is C24H26N2O5. The van der Waals surface area contributed by atoms with Crippen molar-refractivity contribution in [2.24, 2.45) is 0 Å². The molecule has 0 bridgehead atoms. The van der Waals surface area contributed by atoms with Crippen LogP contribution in [0.15, 0.2) is 48.2 Å². The molecule has 7 nitrogen and oxygen atoms in total. The molecule has 0 radical (unpaired) electrons. The van der Waals surface area contributed by atoms with E-state index in [2.05, 4.69) is 6.07 Å². The second kappa shape index (κ2) is 8.81. The Kier molecular flexibility index (Phi) is 5.95. The number of nitrogens with zero attached hydrogens (tertiary/aromatic N) is 2. The molecule has 2 aromatic carbocycles. The number of rotatable bonds is 8. The first-order valence-corrected chi connectivity index (χ1v) is 10.3. The molecule has 0 atom stereocenters. The SMILES string of the molecule is COCCCN1C(=O)C(c2ccc(OC)c(OC)c2)=C(N2CCc3ccccc32)C1=O. The minimum Gasteiger partial charge on any atom is -0.493 e. The quantitative estimate of drug-likeness (QED) is 0.481. The highest BCUT2D eigenvalue weighted by atomic mass is 16.5. The monoisotopic (exact) mass is 422 g/mol. The van der Waals surface area contributed by atoms with Crippen LogP contribution in [0.25, 0.3) is 5.57 Å². The van der Waals surface area contributed by atoms with Gasteiger partial charge in [-0.25, -0.2) is 0 Å². The lowest BCUT2D eigenvalue weighted by Gasteiger charge is -2.22. The van der Waals surface area contributed by atoms with Crippen molar-refractivity contribution >= 4 is 23.1 Å². The molecule has 0 N–H and O–H groups in total. The van der Waals surface area contributed by atoms with Crippen LogP contribution in [0.4, 0.5) is 5.69 Å². The van der Waals surface area contributed by atoms with Gasteiger partial charge in [0, 0.05) is 32.5 Å². The molecule has 2 aliphatic heterocycles. The number of para-hydroxylation sites is 1. The first-order chi connectivity index (χ1) is 15.1. The summed E-state index contributed by atoms with van der Waals surface area (Å²) in [6.07, 6.45) is 1.40. The van der Waals surface area contributed by atoms with E-state index in [1.54, 1.807) is 39.5 Å². The van der Waals surface area contributed by atoms with Crippen molar-refractivity contribution in [3.05, 3.63) is 59.3 Å². The smallest absolute Gasteiger partial charge is 0.278 e. The van der Waals surface area contributed by atoms with Crippen LogP contribution >= 0.6 is 0 Å². The number of carbonyl (C=O) groups excluding carboxylic acids is 2. The third-order valence-corrected chi connectivity index (χ3v) is 5.70. The maximum absolute atomic E-state index is 13.5. The summed E-state index contributed by atoms with van der Waals surface area (Å²) in [7, 11) is 4.71. The van der Waals surface area contributed by atoms with Gasteiger partial charge in [0.15, 0.2) is 11.5 Å². The minimum atomic E-state index is -0.298. The molecule has 0 aliphatic carbocycles. The Balaban J connectivity index is 1.82. The number of imide groups is 1. The molecule has 31 heavy (non-hydrogen) atoms. The van der Waals surface area contributed by atoms with E-state index in [4.69, 9.17) is 14.2 Å². The van der Waals surface area contributed by atoms with Gasteiger partial charge in [0.25, 0.3) is 11.8 Å². The maximum Gasteiger partial charge on any atom is 0.278 e. The van der Waals surface area contributed by atoms with Gasteiger partial charge in [0.2, 0.25) is 0 Å². The molecule has 2 aliphatic rings. The second-order valence-electron chi connectivity index (χ2n) is 7.43. The lowest BCUT2D eigenvalue weighted by atomic mass is 10.0. The third kappa shape index (κ3) is 3.65. The van der Waals surface area contributed by atoms with Crippen LogP contribution in [-0.4, -0.2) is 57.7 Å². The highest BCUT2D eigenvalue weighted by molar-refractivity contribution is 6.36. The van der Waals surface area contributed by atoms with Crippen molar-refractivity contribution in [2.45, 2.75) is 12.8 Å². The summed E-state index contributed by atoms with van der Waals surface area (Å²) in [4.78, 5) is 30.2. The van der Waals surface area contributed by atoms with E-state index < -0.39 is 0 Å². The fourth-order valence-electron chi connectivity index (χ4n) is 4.21. The number of benzene rings is 2. The lowest BCUT2D eigenvalue weighted by molar-refractivity contribution is -0.137. The molecular weight excluding hydrogens is 396 g/mol. The predicted octanol–water partition coefficient (Wildman–Crippen LogP) is 2.88. The molecule has 0 fully saturated rings. The maximum atomic E-state index is 13.5. The third-order valence-electron chi connectivity index (χ3n) is 5.70. The fourth-order valence-corrected chi connectivity index (χ4v) is 4.21. The van der Waals surface area contributed by atoms with E-state index in [0.29, 0.717) is 54.4 Å². The van der Waals surface area contributed by atoms with E-state index in [0.717, 1.165) is 12.1 Å². The van der Waals surface area contributed by atoms with Crippen molar-refractivity contribution in [1.29, 1.82) is 0 Å². The van der Waals surface area contributed by atoms with Crippen LogP contribution in [0.2, 0.25) is 0 Å². The van der Waals surface area contributed by atoms with Crippen molar-refractivity contribution in [3.8, 4) is 11.5 Å². The van der Waals surface area contributed by atoms with E-state index in [1.807, 2.05) is 23.1 Å². The van der Waals surface area contributed by atoms with E-state index in [9.17, 15) is 9.59 Å². The Bertz CT molecular complexity index is 1050. The molecule has 0 aromatic heterocycles. The molecule has 7 heteroatoms. The Morgan fingerprint density at radius 2 is 1.71 bits per heavy atom. The zero-order valence-corrected chi connectivity index (χ0v) is 18.0. The van der Waals surface area contributed by atoms with Crippen LogP contribution in [-0.2, 0) is 20.7 Å². The zero-order chi connectivity index (χ0) is 22.0. The van der Waals surface area contributed by atoms with Gasteiger partial charge in [-0.1, -0.05) is 24.3 Å². The summed E-state index contributed by atoms with van der Waals surface area (Å²) in [6.45, 7) is 1.43. The summed E-state index contributed by atoms with van der Waals surface area (Å²) in [5.41, 5.74) is 3.57. The number of anilines is 1. The number of amides is 2. The molecule has 2 heterocycles. The number of fused-ring (bicyclic) bond motifs is 1. The summed E-state index contributed by atoms with van der Waals surface area (Å²) in [6, 6.07) is 13.3. The first kappa shape index (κ1) is 20.9. The van der Waals surface area contributed by atoms with Gasteiger partial charge < -0.3 is 19.1 Å². The van der Waals surface area contributed by atoms with Crippen molar-refractivity contribution in [2.75, 3.05) is 45.9 Å². The highest BCUT2D eigenvalue weighted by Gasteiger charge is 2.43. The van der Waals surface area contributed by atoms with Gasteiger partial charge in [-0.05, 0) is 42.2 Å². The summed E-state index contributed by atoms with van der Waals surface area (Å²) >= 11 is 0. The summed E-state index contributed by atoms with van der Waals surface area (Å²) in [5.74, 6) is 0.496. The van der Waals surface area contributed by atoms with E-state index in [-0.39, 0.29) is 11.8 Å². The Labute approximate surface area is 181 Å². The average molecular weight is 422 g/mol. The molecule has 2 amide bonds. The van der Waals surface area contributed by atoms with Gasteiger partial charge in [0.1, 0.15) is 5.70 Å². The van der Waals surface area contributed by atoms with Gasteiger partial charge in [0.05, 0.1) is 19.8 Å². The normalized spacial score (nSPS) is 15.7. The van der Waals surface area contributed by atoms with Crippen molar-refractivity contribution < 1.29 is 23.8 Å². The van der Waals surface area contributed by atoms with Crippen LogP contribution in [0, 0.1) is 0 Å². The first-order valence-electron chi connectivity index (χ1n) is 10.3. The number of methoxy groups -OCH3 is 3. The van der Waals surface area contributed by atoms with Gasteiger partial charge in [-0.3, -0.25) is 14.5 Å².